The van der Waals surface area contributed by atoms with Gasteiger partial charge in [0.15, 0.2) is 0 Å². The zero-order chi connectivity index (χ0) is 24.0. The number of hydrogen-bond donors (Lipinski definition) is 1. The predicted molar refractivity (Wildman–Crippen MR) is 105 cm³/mol. The number of carbonyl (C=O) groups excluding carboxylic acids is 1. The van der Waals surface area contributed by atoms with E-state index in [0.717, 1.165) is 6.54 Å². The Labute approximate surface area is 185 Å². The predicted octanol–water partition coefficient (Wildman–Crippen LogP) is 5.22. The smallest absolute Gasteiger partial charge is 0.335 e. The fourth-order valence-corrected chi connectivity index (χ4v) is 4.88. The van der Waals surface area contributed by atoms with Gasteiger partial charge >= 0.3 is 12.4 Å². The summed E-state index contributed by atoms with van der Waals surface area (Å²) in [4.78, 5) is 14.7. The number of likely N-dealkylation sites (tertiary alicyclic amines) is 1. The maximum absolute atomic E-state index is 13.5. The van der Waals surface area contributed by atoms with Gasteiger partial charge in [0.2, 0.25) is 5.91 Å². The number of fused-ring (bicyclic) bond motifs is 1. The zero-order valence-electron chi connectivity index (χ0n) is 17.3. The average molecular weight is 474 g/mol. The van der Waals surface area contributed by atoms with E-state index >= 15 is 0 Å². The zero-order valence-corrected chi connectivity index (χ0v) is 17.3. The molecular weight excluding hydrogens is 453 g/mol. The summed E-state index contributed by atoms with van der Waals surface area (Å²) < 4.78 is 92.6. The SMILES string of the molecule is O=C(Cc1cc(C(F)(F)F)cc(C(F)(F)F)c1)N1CC[C@@H]2CNCC2C1c1ccc(F)cc1. The highest BCUT2D eigenvalue weighted by atomic mass is 19.4. The van der Waals surface area contributed by atoms with Crippen molar-refractivity contribution in [3.8, 4) is 0 Å². The van der Waals surface area contributed by atoms with Crippen LogP contribution < -0.4 is 5.32 Å². The Balaban J connectivity index is 1.66. The Bertz CT molecular complexity index is 985. The summed E-state index contributed by atoms with van der Waals surface area (Å²) in [5, 5.41) is 3.27. The first kappa shape index (κ1) is 23.5. The standard InChI is InChI=1S/C23H21F7N2O/c24-18-3-1-14(2-4-18)21-19-12-31-11-15(19)5-6-32(21)20(33)9-13-7-16(22(25,26)27)10-17(8-13)23(28,29)30/h1-4,7-8,10,15,19,21,31H,5-6,9,11-12H2/t15-,19?,21?/m1/s1. The molecule has 0 bridgehead atoms. The van der Waals surface area contributed by atoms with E-state index in [1.807, 2.05) is 0 Å². The molecule has 0 aromatic heterocycles. The number of piperidine rings is 1. The monoisotopic (exact) mass is 474 g/mol. The molecule has 3 atom stereocenters. The lowest BCUT2D eigenvalue weighted by Crippen LogP contribution is -2.46. The molecule has 178 valence electrons. The number of rotatable bonds is 3. The van der Waals surface area contributed by atoms with E-state index in [4.69, 9.17) is 0 Å². The third kappa shape index (κ3) is 5.00. The molecular formula is C23H21F7N2O. The molecule has 1 N–H and O–H groups in total. The molecule has 0 saturated carbocycles. The lowest BCUT2D eigenvalue weighted by Gasteiger charge is -2.43. The Kier molecular flexibility index (Phi) is 6.15. The minimum Gasteiger partial charge on any atom is -0.335 e. The van der Waals surface area contributed by atoms with Crippen molar-refractivity contribution < 1.29 is 35.5 Å². The van der Waals surface area contributed by atoms with Gasteiger partial charge in [0.05, 0.1) is 23.6 Å². The second-order valence-corrected chi connectivity index (χ2v) is 8.55. The molecule has 2 saturated heterocycles. The van der Waals surface area contributed by atoms with E-state index in [2.05, 4.69) is 5.32 Å². The van der Waals surface area contributed by atoms with Crippen LogP contribution in [0, 0.1) is 17.7 Å². The van der Waals surface area contributed by atoms with Crippen LogP contribution in [-0.4, -0.2) is 30.4 Å². The van der Waals surface area contributed by atoms with Crippen LogP contribution in [0.3, 0.4) is 0 Å². The first-order valence-electron chi connectivity index (χ1n) is 10.5. The molecule has 2 aliphatic rings. The van der Waals surface area contributed by atoms with Gasteiger partial charge in [-0.25, -0.2) is 4.39 Å². The van der Waals surface area contributed by atoms with Crippen LogP contribution in [0.15, 0.2) is 42.5 Å². The maximum atomic E-state index is 13.5. The minimum absolute atomic E-state index is 0.0143. The van der Waals surface area contributed by atoms with Crippen molar-refractivity contribution in [1.29, 1.82) is 0 Å². The van der Waals surface area contributed by atoms with Gasteiger partial charge in [-0.15, -0.1) is 0 Å². The van der Waals surface area contributed by atoms with Crippen molar-refractivity contribution in [1.82, 2.24) is 10.2 Å². The summed E-state index contributed by atoms with van der Waals surface area (Å²) in [6.45, 7) is 1.68. The molecule has 0 spiro atoms. The van der Waals surface area contributed by atoms with Gasteiger partial charge in [0, 0.05) is 19.0 Å². The van der Waals surface area contributed by atoms with Gasteiger partial charge in [0.1, 0.15) is 5.82 Å². The first-order valence-corrected chi connectivity index (χ1v) is 10.5. The number of benzene rings is 2. The van der Waals surface area contributed by atoms with Crippen LogP contribution in [0.1, 0.15) is 34.7 Å². The number of hydrogen-bond acceptors (Lipinski definition) is 2. The molecule has 2 aromatic carbocycles. The van der Waals surface area contributed by atoms with E-state index in [1.54, 1.807) is 12.1 Å². The van der Waals surface area contributed by atoms with Gasteiger partial charge < -0.3 is 10.2 Å². The lowest BCUT2D eigenvalue weighted by molar-refractivity contribution is -0.143. The lowest BCUT2D eigenvalue weighted by atomic mass is 9.78. The quantitative estimate of drug-likeness (QED) is 0.620. The molecule has 1 amide bonds. The van der Waals surface area contributed by atoms with Crippen molar-refractivity contribution in [2.75, 3.05) is 19.6 Å². The summed E-state index contributed by atoms with van der Waals surface area (Å²) in [5.41, 5.74) is -2.57. The summed E-state index contributed by atoms with van der Waals surface area (Å²) in [6.07, 6.45) is -9.90. The van der Waals surface area contributed by atoms with E-state index < -0.39 is 47.7 Å². The van der Waals surface area contributed by atoms with Crippen LogP contribution >= 0.6 is 0 Å². The molecule has 0 aliphatic carbocycles. The number of amides is 1. The molecule has 4 rings (SSSR count). The van der Waals surface area contributed by atoms with Crippen molar-refractivity contribution in [3.05, 3.63) is 70.5 Å². The van der Waals surface area contributed by atoms with Crippen molar-refractivity contribution >= 4 is 5.91 Å². The van der Waals surface area contributed by atoms with Crippen LogP contribution in [0.5, 0.6) is 0 Å². The highest BCUT2D eigenvalue weighted by molar-refractivity contribution is 5.79. The third-order valence-electron chi connectivity index (χ3n) is 6.41. The van der Waals surface area contributed by atoms with Crippen LogP contribution in [0.25, 0.3) is 0 Å². The van der Waals surface area contributed by atoms with Gasteiger partial charge in [0.25, 0.3) is 0 Å². The van der Waals surface area contributed by atoms with Gasteiger partial charge in [-0.3, -0.25) is 4.79 Å². The van der Waals surface area contributed by atoms with Crippen LogP contribution in [0.4, 0.5) is 30.7 Å². The van der Waals surface area contributed by atoms with E-state index in [9.17, 15) is 35.5 Å². The van der Waals surface area contributed by atoms with Gasteiger partial charge in [-0.2, -0.15) is 26.3 Å². The number of nitrogens with zero attached hydrogens (tertiary/aromatic N) is 1. The number of nitrogens with one attached hydrogen (secondary N) is 1. The number of alkyl halides is 6. The number of halogens is 7. The Morgan fingerprint density at radius 3 is 2.12 bits per heavy atom. The number of carbonyl (C=O) groups is 1. The second-order valence-electron chi connectivity index (χ2n) is 8.55. The minimum atomic E-state index is -4.98. The molecule has 3 nitrogen and oxygen atoms in total. The highest BCUT2D eigenvalue weighted by Crippen LogP contribution is 2.42. The molecule has 2 heterocycles. The Morgan fingerprint density at radius 1 is 0.939 bits per heavy atom. The second kappa shape index (κ2) is 8.62. The largest absolute Gasteiger partial charge is 0.416 e. The van der Waals surface area contributed by atoms with E-state index in [-0.39, 0.29) is 23.5 Å². The fourth-order valence-electron chi connectivity index (χ4n) is 4.88. The van der Waals surface area contributed by atoms with E-state index in [0.29, 0.717) is 37.2 Å². The fraction of sp³-hybridized carbons (Fsp3) is 0.435. The molecule has 2 fully saturated rings. The summed E-state index contributed by atoms with van der Waals surface area (Å²) in [6, 6.07) is 6.44. The van der Waals surface area contributed by atoms with E-state index in [1.165, 1.54) is 17.0 Å². The molecule has 2 aromatic rings. The van der Waals surface area contributed by atoms with Crippen molar-refractivity contribution in [2.45, 2.75) is 31.2 Å². The maximum Gasteiger partial charge on any atom is 0.416 e. The third-order valence-corrected chi connectivity index (χ3v) is 6.41. The van der Waals surface area contributed by atoms with Crippen LogP contribution in [-0.2, 0) is 23.6 Å². The molecule has 2 unspecified atom stereocenters. The summed E-state index contributed by atoms with van der Waals surface area (Å²) in [7, 11) is 0. The molecule has 2 aliphatic heterocycles. The Hall–Kier alpha value is -2.62. The topological polar surface area (TPSA) is 32.3 Å². The van der Waals surface area contributed by atoms with Gasteiger partial charge in [-0.1, -0.05) is 12.1 Å². The molecule has 0 radical (unpaired) electrons. The molecule has 10 heteroatoms. The van der Waals surface area contributed by atoms with Crippen molar-refractivity contribution in [2.24, 2.45) is 11.8 Å². The normalized spacial score (nSPS) is 23.5. The highest BCUT2D eigenvalue weighted by Gasteiger charge is 2.43. The van der Waals surface area contributed by atoms with Gasteiger partial charge in [-0.05, 0) is 60.3 Å². The molecule has 33 heavy (non-hydrogen) atoms. The van der Waals surface area contributed by atoms with Crippen molar-refractivity contribution in [3.63, 3.8) is 0 Å². The average Bonchev–Trinajstić information content (AvgIpc) is 3.21. The summed E-state index contributed by atoms with van der Waals surface area (Å²) in [5.74, 6) is -0.728. The Morgan fingerprint density at radius 2 is 1.55 bits per heavy atom. The van der Waals surface area contributed by atoms with Crippen LogP contribution in [0.2, 0.25) is 0 Å². The summed E-state index contributed by atoms with van der Waals surface area (Å²) >= 11 is 0. The first-order chi connectivity index (χ1) is 15.4.